The summed E-state index contributed by atoms with van der Waals surface area (Å²) in [6.07, 6.45) is -3.97. The number of benzene rings is 2. The number of urea groups is 1. The van der Waals surface area contributed by atoms with Crippen LogP contribution in [0.1, 0.15) is 25.0 Å². The smallest absolute Gasteiger partial charge is 0.418 e. The molecule has 3 amide bonds. The van der Waals surface area contributed by atoms with Crippen LogP contribution in [0.2, 0.25) is 0 Å². The maximum absolute atomic E-state index is 13.4. The van der Waals surface area contributed by atoms with Gasteiger partial charge in [0.15, 0.2) is 0 Å². The van der Waals surface area contributed by atoms with E-state index in [-0.39, 0.29) is 18.9 Å². The van der Waals surface area contributed by atoms with E-state index in [4.69, 9.17) is 4.74 Å². The first-order chi connectivity index (χ1) is 14.2. The van der Waals surface area contributed by atoms with E-state index in [0.717, 1.165) is 22.6 Å². The number of halogens is 3. The van der Waals surface area contributed by atoms with Gasteiger partial charge in [-0.05, 0) is 43.2 Å². The van der Waals surface area contributed by atoms with E-state index < -0.39 is 29.4 Å². The van der Waals surface area contributed by atoms with Gasteiger partial charge in [0.25, 0.3) is 0 Å². The molecule has 0 aromatic heterocycles. The summed E-state index contributed by atoms with van der Waals surface area (Å²) in [5.74, 6) is -0.415. The fourth-order valence-electron chi connectivity index (χ4n) is 2.76. The number of carbonyl (C=O) groups is 2. The number of carbonyl (C=O) groups excluding carboxylic acids is 2. The predicted molar refractivity (Wildman–Crippen MR) is 109 cm³/mol. The number of amides is 3. The van der Waals surface area contributed by atoms with Gasteiger partial charge in [-0.25, -0.2) is 4.79 Å². The van der Waals surface area contributed by atoms with Gasteiger partial charge in [-0.1, -0.05) is 25.1 Å². The molecular weight excluding hydrogens is 399 g/mol. The van der Waals surface area contributed by atoms with Crippen LogP contribution < -0.4 is 15.4 Å². The standard InChI is InChI=1S/C21H24F3N3O3/c1-4-14-8-6-7-9-17(14)25-19(28)13-27(3)20(29)26-18-11-10-15(30-5-2)12-16(18)21(22,23)24/h6-12H,4-5,13H2,1-3H3,(H,25,28)(H,26,29). The number of anilines is 2. The van der Waals surface area contributed by atoms with E-state index in [1.807, 2.05) is 19.1 Å². The maximum atomic E-state index is 13.4. The van der Waals surface area contributed by atoms with Gasteiger partial charge in [0.2, 0.25) is 5.91 Å². The highest BCUT2D eigenvalue weighted by molar-refractivity contribution is 5.97. The molecule has 0 unspecified atom stereocenters. The molecule has 0 saturated carbocycles. The summed E-state index contributed by atoms with van der Waals surface area (Å²) in [7, 11) is 1.32. The summed E-state index contributed by atoms with van der Waals surface area (Å²) in [5.41, 5.74) is 0.114. The molecule has 0 aliphatic carbocycles. The third-order valence-corrected chi connectivity index (χ3v) is 4.25. The number of nitrogens with one attached hydrogen (secondary N) is 2. The lowest BCUT2D eigenvalue weighted by atomic mass is 10.1. The molecule has 30 heavy (non-hydrogen) atoms. The summed E-state index contributed by atoms with van der Waals surface area (Å²) in [6.45, 7) is 3.48. The van der Waals surface area contributed by atoms with Gasteiger partial charge in [0, 0.05) is 12.7 Å². The summed E-state index contributed by atoms with van der Waals surface area (Å²) < 4.78 is 45.2. The lowest BCUT2D eigenvalue weighted by molar-refractivity contribution is -0.137. The van der Waals surface area contributed by atoms with Crippen molar-refractivity contribution in [3.05, 3.63) is 53.6 Å². The SMILES string of the molecule is CCOc1ccc(NC(=O)N(C)CC(=O)Nc2ccccc2CC)c(C(F)(F)F)c1. The Morgan fingerprint density at radius 1 is 1.03 bits per heavy atom. The van der Waals surface area contributed by atoms with Crippen LogP contribution in [0.4, 0.5) is 29.3 Å². The molecule has 2 aromatic carbocycles. The molecule has 0 bridgehead atoms. The Morgan fingerprint density at radius 3 is 2.37 bits per heavy atom. The molecule has 2 N–H and O–H groups in total. The quantitative estimate of drug-likeness (QED) is 0.674. The minimum absolute atomic E-state index is 0.0464. The Labute approximate surface area is 173 Å². The fraction of sp³-hybridized carbons (Fsp3) is 0.333. The van der Waals surface area contributed by atoms with Gasteiger partial charge < -0.3 is 20.3 Å². The Kier molecular flexibility index (Phi) is 7.68. The Bertz CT molecular complexity index is 901. The molecule has 0 aliphatic heterocycles. The molecule has 6 nitrogen and oxygen atoms in total. The van der Waals surface area contributed by atoms with Gasteiger partial charge in [-0.3, -0.25) is 4.79 Å². The van der Waals surface area contributed by atoms with Crippen LogP contribution in [0.25, 0.3) is 0 Å². The molecule has 0 heterocycles. The Balaban J connectivity index is 2.07. The van der Waals surface area contributed by atoms with E-state index in [0.29, 0.717) is 12.1 Å². The van der Waals surface area contributed by atoms with Crippen molar-refractivity contribution < 1.29 is 27.5 Å². The van der Waals surface area contributed by atoms with Gasteiger partial charge in [-0.2, -0.15) is 13.2 Å². The van der Waals surface area contributed by atoms with Crippen LogP contribution in [0.3, 0.4) is 0 Å². The van der Waals surface area contributed by atoms with E-state index in [2.05, 4.69) is 10.6 Å². The number of alkyl halides is 3. The number of likely N-dealkylation sites (N-methyl/N-ethyl adjacent to an activating group) is 1. The monoisotopic (exact) mass is 423 g/mol. The van der Waals surface area contributed by atoms with Crippen LogP contribution in [0, 0.1) is 0 Å². The maximum Gasteiger partial charge on any atom is 0.418 e. The third-order valence-electron chi connectivity index (χ3n) is 4.25. The number of rotatable bonds is 7. The van der Waals surface area contributed by atoms with Crippen molar-refractivity contribution in [1.82, 2.24) is 4.90 Å². The molecule has 162 valence electrons. The summed E-state index contributed by atoms with van der Waals surface area (Å²) >= 11 is 0. The normalized spacial score (nSPS) is 11.0. The van der Waals surface area contributed by atoms with Crippen molar-refractivity contribution in [3.8, 4) is 5.75 Å². The number of nitrogens with zero attached hydrogens (tertiary/aromatic N) is 1. The van der Waals surface area contributed by atoms with E-state index >= 15 is 0 Å². The number of hydrogen-bond donors (Lipinski definition) is 2. The second-order valence-corrected chi connectivity index (χ2v) is 6.48. The molecule has 0 saturated heterocycles. The lowest BCUT2D eigenvalue weighted by Crippen LogP contribution is -2.38. The van der Waals surface area contributed by atoms with Crippen molar-refractivity contribution in [2.24, 2.45) is 0 Å². The molecule has 0 fully saturated rings. The fourth-order valence-corrected chi connectivity index (χ4v) is 2.76. The number of ether oxygens (including phenoxy) is 1. The van der Waals surface area contributed by atoms with Crippen molar-refractivity contribution in [2.45, 2.75) is 26.4 Å². The van der Waals surface area contributed by atoms with Crippen molar-refractivity contribution in [2.75, 3.05) is 30.8 Å². The summed E-state index contributed by atoms with van der Waals surface area (Å²) in [4.78, 5) is 25.6. The number of aryl methyl sites for hydroxylation is 1. The average molecular weight is 423 g/mol. The van der Waals surface area contributed by atoms with Crippen LogP contribution >= 0.6 is 0 Å². The minimum atomic E-state index is -4.68. The van der Waals surface area contributed by atoms with Crippen LogP contribution in [0.5, 0.6) is 5.75 Å². The molecule has 0 radical (unpaired) electrons. The van der Waals surface area contributed by atoms with Crippen LogP contribution in [-0.4, -0.2) is 37.0 Å². The molecule has 2 rings (SSSR count). The number of hydrogen-bond acceptors (Lipinski definition) is 3. The first kappa shape index (κ1) is 23.1. The molecule has 0 aliphatic rings. The van der Waals surface area contributed by atoms with Gasteiger partial charge in [-0.15, -0.1) is 0 Å². The zero-order valence-electron chi connectivity index (χ0n) is 17.0. The predicted octanol–water partition coefficient (Wildman–Crippen LogP) is 4.77. The Hall–Kier alpha value is -3.23. The van der Waals surface area contributed by atoms with Crippen molar-refractivity contribution in [1.29, 1.82) is 0 Å². The largest absolute Gasteiger partial charge is 0.494 e. The first-order valence-corrected chi connectivity index (χ1v) is 9.39. The van der Waals surface area contributed by atoms with Crippen LogP contribution in [-0.2, 0) is 17.4 Å². The zero-order chi connectivity index (χ0) is 22.3. The molecule has 0 atom stereocenters. The highest BCUT2D eigenvalue weighted by Gasteiger charge is 2.34. The summed E-state index contributed by atoms with van der Waals surface area (Å²) in [5, 5.41) is 4.92. The van der Waals surface area contributed by atoms with E-state index in [1.165, 1.54) is 13.1 Å². The molecular formula is C21H24F3N3O3. The summed E-state index contributed by atoms with van der Waals surface area (Å²) in [6, 6.07) is 9.68. The second-order valence-electron chi connectivity index (χ2n) is 6.48. The van der Waals surface area contributed by atoms with Gasteiger partial charge in [0.1, 0.15) is 12.3 Å². The topological polar surface area (TPSA) is 70.7 Å². The first-order valence-electron chi connectivity index (χ1n) is 9.39. The number of para-hydroxylation sites is 1. The van der Waals surface area contributed by atoms with Crippen molar-refractivity contribution in [3.63, 3.8) is 0 Å². The second kappa shape index (κ2) is 10.00. The van der Waals surface area contributed by atoms with Crippen LogP contribution in [0.15, 0.2) is 42.5 Å². The van der Waals surface area contributed by atoms with E-state index in [9.17, 15) is 22.8 Å². The van der Waals surface area contributed by atoms with Gasteiger partial charge >= 0.3 is 12.2 Å². The average Bonchev–Trinajstić information content (AvgIpc) is 2.68. The third kappa shape index (κ3) is 6.13. The lowest BCUT2D eigenvalue weighted by Gasteiger charge is -2.20. The highest BCUT2D eigenvalue weighted by Crippen LogP contribution is 2.37. The Morgan fingerprint density at radius 2 is 1.73 bits per heavy atom. The highest BCUT2D eigenvalue weighted by atomic mass is 19.4. The minimum Gasteiger partial charge on any atom is -0.494 e. The molecule has 0 spiro atoms. The zero-order valence-corrected chi connectivity index (χ0v) is 17.0. The van der Waals surface area contributed by atoms with Crippen molar-refractivity contribution >= 4 is 23.3 Å². The van der Waals surface area contributed by atoms with E-state index in [1.54, 1.807) is 19.1 Å². The van der Waals surface area contributed by atoms with Gasteiger partial charge in [0.05, 0.1) is 17.9 Å². The molecule has 9 heteroatoms. The molecule has 2 aromatic rings.